The van der Waals surface area contributed by atoms with Gasteiger partial charge in [0.25, 0.3) is 0 Å². The van der Waals surface area contributed by atoms with Crippen LogP contribution in [-0.4, -0.2) is 4.98 Å². The number of hydrogen-bond acceptors (Lipinski definition) is 3. The largest absolute Gasteiger partial charge is 0.408 e. The van der Waals surface area contributed by atoms with Gasteiger partial charge in [-0.15, -0.1) is 0 Å². The van der Waals surface area contributed by atoms with E-state index in [1.165, 1.54) is 6.92 Å². The van der Waals surface area contributed by atoms with Crippen LogP contribution in [0, 0.1) is 12.7 Å². The Labute approximate surface area is 97.0 Å². The van der Waals surface area contributed by atoms with E-state index < -0.39 is 11.4 Å². The number of benzene rings is 1. The van der Waals surface area contributed by atoms with Gasteiger partial charge in [0.2, 0.25) is 0 Å². The van der Waals surface area contributed by atoms with Crippen LogP contribution in [0.2, 0.25) is 5.02 Å². The summed E-state index contributed by atoms with van der Waals surface area (Å²) in [5.74, 6) is -0.482. The van der Waals surface area contributed by atoms with E-state index in [9.17, 15) is 9.18 Å². The van der Waals surface area contributed by atoms with Crippen LogP contribution in [0.5, 0.6) is 0 Å². The summed E-state index contributed by atoms with van der Waals surface area (Å²) < 4.78 is 18.2. The third-order valence-corrected chi connectivity index (χ3v) is 3.24. The number of aryl methyl sites for hydroxylation is 1. The molecule has 0 fully saturated rings. The Hall–Kier alpha value is -0.940. The summed E-state index contributed by atoms with van der Waals surface area (Å²) in [5, 5.41) is -0.0330. The van der Waals surface area contributed by atoms with E-state index in [0.29, 0.717) is 5.52 Å². The highest BCUT2D eigenvalue weighted by Gasteiger charge is 2.14. The second-order valence-electron chi connectivity index (χ2n) is 2.90. The van der Waals surface area contributed by atoms with Crippen molar-refractivity contribution in [1.29, 1.82) is 0 Å². The van der Waals surface area contributed by atoms with E-state index in [1.54, 1.807) is 0 Å². The lowest BCUT2D eigenvalue weighted by Crippen LogP contribution is -2.04. The lowest BCUT2D eigenvalue weighted by atomic mass is 10.2. The smallest absolute Gasteiger partial charge is 0.346 e. The Morgan fingerprint density at radius 1 is 1.60 bits per heavy atom. The van der Waals surface area contributed by atoms with Crippen LogP contribution in [0.15, 0.2) is 19.8 Å². The summed E-state index contributed by atoms with van der Waals surface area (Å²) in [4.78, 5) is 15.4. The fourth-order valence-electron chi connectivity index (χ4n) is 1.22. The van der Waals surface area contributed by atoms with Crippen LogP contribution in [-0.2, 0) is 0 Å². The van der Waals surface area contributed by atoms with E-state index in [-0.39, 0.29) is 20.8 Å². The van der Waals surface area contributed by atoms with Gasteiger partial charge < -0.3 is 4.42 Å². The van der Waals surface area contributed by atoms with Gasteiger partial charge in [0, 0.05) is 6.92 Å². The van der Waals surface area contributed by atoms with Crippen molar-refractivity contribution in [2.75, 3.05) is 0 Å². The highest BCUT2D eigenvalue weighted by Crippen LogP contribution is 2.31. The molecule has 0 aliphatic rings. The first-order chi connectivity index (χ1) is 7.00. The van der Waals surface area contributed by atoms with Gasteiger partial charge in [-0.25, -0.2) is 14.2 Å². The van der Waals surface area contributed by atoms with Gasteiger partial charge in [0.15, 0.2) is 5.89 Å². The lowest BCUT2D eigenvalue weighted by molar-refractivity contribution is 0.466. The average molecular weight is 292 g/mol. The average Bonchev–Trinajstić information content (AvgIpc) is 2.17. The van der Waals surface area contributed by atoms with Crippen LogP contribution in [0.3, 0.4) is 0 Å². The fourth-order valence-corrected chi connectivity index (χ4v) is 1.86. The summed E-state index contributed by atoms with van der Waals surface area (Å²) in [5.41, 5.74) is -0.330. The van der Waals surface area contributed by atoms with Gasteiger partial charge in [-0.1, -0.05) is 11.6 Å². The first-order valence-corrected chi connectivity index (χ1v) is 5.12. The molecule has 1 aromatic heterocycles. The molecule has 2 aromatic rings. The normalized spacial score (nSPS) is 10.9. The van der Waals surface area contributed by atoms with E-state index in [4.69, 9.17) is 16.0 Å². The van der Waals surface area contributed by atoms with Gasteiger partial charge in [0.1, 0.15) is 5.82 Å². The second kappa shape index (κ2) is 3.57. The van der Waals surface area contributed by atoms with Crippen molar-refractivity contribution >= 4 is 38.4 Å². The maximum Gasteiger partial charge on any atom is 0.346 e. The molecular formula is C9H4BrClFNO2. The molecule has 3 nitrogen and oxygen atoms in total. The molecule has 0 radical (unpaired) electrons. The summed E-state index contributed by atoms with van der Waals surface area (Å²) >= 11 is 8.75. The molecule has 2 rings (SSSR count). The van der Waals surface area contributed by atoms with E-state index in [0.717, 1.165) is 6.07 Å². The Morgan fingerprint density at radius 3 is 2.93 bits per heavy atom. The standard InChI is InChI=1S/C9H4BrClFNO2/c1-3-13-8-4(9(14)15-3)2-5(12)7(11)6(8)10/h2H,1H3. The zero-order chi connectivity index (χ0) is 11.2. The summed E-state index contributed by atoms with van der Waals surface area (Å²) in [6, 6.07) is 1.01. The van der Waals surface area contributed by atoms with Crippen LogP contribution >= 0.6 is 27.5 Å². The van der Waals surface area contributed by atoms with Crippen LogP contribution < -0.4 is 5.63 Å². The molecule has 0 saturated carbocycles. The van der Waals surface area contributed by atoms with Crippen molar-refractivity contribution in [3.8, 4) is 0 Å². The maximum absolute atomic E-state index is 13.2. The molecule has 15 heavy (non-hydrogen) atoms. The Bertz CT molecular complexity index is 611. The molecule has 78 valence electrons. The van der Waals surface area contributed by atoms with Crippen LogP contribution in [0.25, 0.3) is 10.9 Å². The minimum atomic E-state index is -0.686. The molecule has 1 heterocycles. The number of fused-ring (bicyclic) bond motifs is 1. The molecule has 1 aromatic carbocycles. The molecule has 0 N–H and O–H groups in total. The van der Waals surface area contributed by atoms with E-state index in [1.807, 2.05) is 0 Å². The summed E-state index contributed by atoms with van der Waals surface area (Å²) in [6.45, 7) is 1.53. The van der Waals surface area contributed by atoms with Gasteiger partial charge in [0.05, 0.1) is 20.4 Å². The fraction of sp³-hybridized carbons (Fsp3) is 0.111. The number of hydrogen-bond donors (Lipinski definition) is 0. The monoisotopic (exact) mass is 291 g/mol. The first kappa shape index (κ1) is 10.6. The van der Waals surface area contributed by atoms with Crippen LogP contribution in [0.4, 0.5) is 4.39 Å². The third kappa shape index (κ3) is 1.66. The van der Waals surface area contributed by atoms with Crippen LogP contribution in [0.1, 0.15) is 5.89 Å². The Balaban J connectivity index is 3.05. The van der Waals surface area contributed by atoms with Crippen molar-refractivity contribution in [3.05, 3.63) is 37.7 Å². The minimum absolute atomic E-state index is 0.0642. The SMILES string of the molecule is Cc1nc2c(Br)c(Cl)c(F)cc2c(=O)o1. The lowest BCUT2D eigenvalue weighted by Gasteiger charge is -2.02. The van der Waals surface area contributed by atoms with Crippen molar-refractivity contribution in [2.24, 2.45) is 0 Å². The highest BCUT2D eigenvalue weighted by atomic mass is 79.9. The van der Waals surface area contributed by atoms with Crippen molar-refractivity contribution in [2.45, 2.75) is 6.92 Å². The van der Waals surface area contributed by atoms with Gasteiger partial charge in [-0.3, -0.25) is 0 Å². The zero-order valence-electron chi connectivity index (χ0n) is 7.47. The molecule has 0 aliphatic carbocycles. The molecule has 6 heteroatoms. The second-order valence-corrected chi connectivity index (χ2v) is 4.07. The summed E-state index contributed by atoms with van der Waals surface area (Å²) in [6.07, 6.45) is 0. The maximum atomic E-state index is 13.2. The highest BCUT2D eigenvalue weighted by molar-refractivity contribution is 9.10. The van der Waals surface area contributed by atoms with Crippen molar-refractivity contribution < 1.29 is 8.81 Å². The molecule has 0 unspecified atom stereocenters. The van der Waals surface area contributed by atoms with Gasteiger partial charge >= 0.3 is 5.63 Å². The zero-order valence-corrected chi connectivity index (χ0v) is 9.82. The number of aromatic nitrogens is 1. The molecule has 0 saturated heterocycles. The topological polar surface area (TPSA) is 43.1 Å². The van der Waals surface area contributed by atoms with E-state index in [2.05, 4.69) is 20.9 Å². The van der Waals surface area contributed by atoms with Gasteiger partial charge in [-0.05, 0) is 22.0 Å². The predicted octanol–water partition coefficient (Wildman–Crippen LogP) is 3.05. The third-order valence-electron chi connectivity index (χ3n) is 1.87. The van der Waals surface area contributed by atoms with Crippen molar-refractivity contribution in [1.82, 2.24) is 4.98 Å². The molecular weight excluding hydrogens is 288 g/mol. The number of halogens is 3. The molecule has 0 bridgehead atoms. The summed E-state index contributed by atoms with van der Waals surface area (Å²) in [7, 11) is 0. The van der Waals surface area contributed by atoms with Crippen molar-refractivity contribution in [3.63, 3.8) is 0 Å². The quantitative estimate of drug-likeness (QED) is 0.701. The minimum Gasteiger partial charge on any atom is -0.408 e. The van der Waals surface area contributed by atoms with E-state index >= 15 is 0 Å². The first-order valence-electron chi connectivity index (χ1n) is 3.95. The Morgan fingerprint density at radius 2 is 2.27 bits per heavy atom. The van der Waals surface area contributed by atoms with Gasteiger partial charge in [-0.2, -0.15) is 0 Å². The Kier molecular flexibility index (Phi) is 2.52. The molecule has 0 amide bonds. The number of rotatable bonds is 0. The predicted molar refractivity (Wildman–Crippen MR) is 57.7 cm³/mol. The molecule has 0 atom stereocenters. The number of nitrogens with zero attached hydrogens (tertiary/aromatic N) is 1. The molecule has 0 aliphatic heterocycles. The molecule has 0 spiro atoms.